The average molecular weight is 429 g/mol. The smallest absolute Gasteiger partial charge is 0.235 e. The molecule has 2 heterocycles. The number of anilines is 2. The van der Waals surface area contributed by atoms with Crippen LogP contribution >= 0.6 is 23.1 Å². The Bertz CT molecular complexity index is 965. The molecule has 1 aromatic carbocycles. The lowest BCUT2D eigenvalue weighted by Gasteiger charge is -2.08. The first-order chi connectivity index (χ1) is 14.1. The van der Waals surface area contributed by atoms with Crippen LogP contribution in [0.1, 0.15) is 38.3 Å². The number of nitrogens with zero attached hydrogens (tertiary/aromatic N) is 4. The molecule has 7 nitrogen and oxygen atoms in total. The van der Waals surface area contributed by atoms with E-state index in [9.17, 15) is 4.79 Å². The molecule has 1 aliphatic rings. The van der Waals surface area contributed by atoms with Crippen molar-refractivity contribution < 1.29 is 4.79 Å². The van der Waals surface area contributed by atoms with Crippen molar-refractivity contribution in [1.29, 1.82) is 0 Å². The van der Waals surface area contributed by atoms with E-state index in [2.05, 4.69) is 34.7 Å². The molecule has 3 aromatic rings. The Labute approximate surface area is 178 Å². The predicted octanol–water partition coefficient (Wildman–Crippen LogP) is 4.40. The fourth-order valence-corrected chi connectivity index (χ4v) is 4.33. The van der Waals surface area contributed by atoms with E-state index < -0.39 is 0 Å². The van der Waals surface area contributed by atoms with E-state index in [4.69, 9.17) is 5.10 Å². The summed E-state index contributed by atoms with van der Waals surface area (Å²) in [7, 11) is 0. The molecule has 9 heteroatoms. The zero-order chi connectivity index (χ0) is 20.2. The molecule has 152 valence electrons. The second kappa shape index (κ2) is 8.96. The van der Waals surface area contributed by atoms with Crippen molar-refractivity contribution in [1.82, 2.24) is 20.0 Å². The van der Waals surface area contributed by atoms with Gasteiger partial charge in [0.25, 0.3) is 0 Å². The standard InChI is InChI=1S/C20H24N6OS2/c1-13(2)11-21-19-23-24-20(29-19)28-12-18(27)22-17-10-16(14-8-9-14)25-26(17)15-6-4-3-5-7-15/h3-7,10,13-14H,8-9,11-12H2,1-2H3,(H,21,23)(H,22,27). The van der Waals surface area contributed by atoms with Crippen molar-refractivity contribution in [2.75, 3.05) is 22.9 Å². The quantitative estimate of drug-likeness (QED) is 0.492. The topological polar surface area (TPSA) is 84.7 Å². The summed E-state index contributed by atoms with van der Waals surface area (Å²) < 4.78 is 2.59. The third kappa shape index (κ3) is 5.36. The molecule has 1 amide bonds. The molecular weight excluding hydrogens is 404 g/mol. The maximum absolute atomic E-state index is 12.6. The van der Waals surface area contributed by atoms with Crippen molar-refractivity contribution in [3.63, 3.8) is 0 Å². The molecule has 0 aliphatic heterocycles. The van der Waals surface area contributed by atoms with Crippen molar-refractivity contribution in [2.45, 2.75) is 36.9 Å². The molecule has 1 saturated carbocycles. The largest absolute Gasteiger partial charge is 0.360 e. The van der Waals surface area contributed by atoms with E-state index >= 15 is 0 Å². The first kappa shape index (κ1) is 19.9. The first-order valence-electron chi connectivity index (χ1n) is 9.74. The third-order valence-electron chi connectivity index (χ3n) is 4.39. The van der Waals surface area contributed by atoms with Crippen molar-refractivity contribution in [2.24, 2.45) is 5.92 Å². The van der Waals surface area contributed by atoms with E-state index in [1.54, 1.807) is 0 Å². The van der Waals surface area contributed by atoms with Gasteiger partial charge in [0.05, 0.1) is 17.1 Å². The Morgan fingerprint density at radius 1 is 1.28 bits per heavy atom. The highest BCUT2D eigenvalue weighted by atomic mass is 32.2. The van der Waals surface area contributed by atoms with E-state index in [0.29, 0.717) is 17.7 Å². The van der Waals surface area contributed by atoms with Crippen LogP contribution < -0.4 is 10.6 Å². The summed E-state index contributed by atoms with van der Waals surface area (Å²) in [5, 5.41) is 20.0. The first-order valence-corrected chi connectivity index (χ1v) is 11.5. The van der Waals surface area contributed by atoms with Crippen LogP contribution in [0.3, 0.4) is 0 Å². The van der Waals surface area contributed by atoms with Gasteiger partial charge in [-0.2, -0.15) is 5.10 Å². The van der Waals surface area contributed by atoms with Crippen LogP contribution in [0.25, 0.3) is 5.69 Å². The number of para-hydroxylation sites is 1. The Balaban J connectivity index is 1.38. The normalized spacial score (nSPS) is 13.6. The summed E-state index contributed by atoms with van der Waals surface area (Å²) in [6.07, 6.45) is 2.33. The van der Waals surface area contributed by atoms with Crippen LogP contribution in [0.2, 0.25) is 0 Å². The minimum Gasteiger partial charge on any atom is -0.360 e. The summed E-state index contributed by atoms with van der Waals surface area (Å²) in [6, 6.07) is 11.9. The Morgan fingerprint density at radius 3 is 2.79 bits per heavy atom. The molecule has 2 N–H and O–H groups in total. The van der Waals surface area contributed by atoms with Gasteiger partial charge in [-0.3, -0.25) is 4.79 Å². The number of carbonyl (C=O) groups excluding carboxylic acids is 1. The van der Waals surface area contributed by atoms with Crippen LogP contribution in [-0.4, -0.2) is 38.2 Å². The van der Waals surface area contributed by atoms with Gasteiger partial charge in [0.15, 0.2) is 4.34 Å². The van der Waals surface area contributed by atoms with Crippen LogP contribution in [0.5, 0.6) is 0 Å². The van der Waals surface area contributed by atoms with E-state index in [1.165, 1.54) is 35.9 Å². The van der Waals surface area contributed by atoms with E-state index in [0.717, 1.165) is 27.4 Å². The van der Waals surface area contributed by atoms with Gasteiger partial charge in [-0.25, -0.2) is 4.68 Å². The molecule has 2 aromatic heterocycles. The molecule has 29 heavy (non-hydrogen) atoms. The van der Waals surface area contributed by atoms with Crippen molar-refractivity contribution >= 4 is 40.0 Å². The number of aromatic nitrogens is 4. The SMILES string of the molecule is CC(C)CNc1nnc(SCC(=O)Nc2cc(C3CC3)nn2-c2ccccc2)s1. The second-order valence-corrected chi connectivity index (χ2v) is 9.66. The van der Waals surface area contributed by atoms with E-state index in [-0.39, 0.29) is 11.7 Å². The van der Waals surface area contributed by atoms with Gasteiger partial charge in [-0.15, -0.1) is 10.2 Å². The van der Waals surface area contributed by atoms with Gasteiger partial charge in [-0.05, 0) is 30.9 Å². The van der Waals surface area contributed by atoms with Gasteiger partial charge >= 0.3 is 0 Å². The maximum Gasteiger partial charge on any atom is 0.235 e. The highest BCUT2D eigenvalue weighted by Gasteiger charge is 2.28. The van der Waals surface area contributed by atoms with Gasteiger partial charge in [-0.1, -0.05) is 55.1 Å². The minimum absolute atomic E-state index is 0.0821. The highest BCUT2D eigenvalue weighted by molar-refractivity contribution is 8.01. The predicted molar refractivity (Wildman–Crippen MR) is 118 cm³/mol. The molecule has 0 saturated heterocycles. The lowest BCUT2D eigenvalue weighted by Crippen LogP contribution is -2.16. The summed E-state index contributed by atoms with van der Waals surface area (Å²) >= 11 is 2.86. The number of carbonyl (C=O) groups is 1. The number of hydrogen-bond donors (Lipinski definition) is 2. The zero-order valence-electron chi connectivity index (χ0n) is 16.5. The highest BCUT2D eigenvalue weighted by Crippen LogP contribution is 2.40. The monoisotopic (exact) mass is 428 g/mol. The number of benzene rings is 1. The minimum atomic E-state index is -0.0821. The number of nitrogens with one attached hydrogen (secondary N) is 2. The van der Waals surface area contributed by atoms with Crippen molar-refractivity contribution in [3.8, 4) is 5.69 Å². The fourth-order valence-electron chi connectivity index (χ4n) is 2.77. The number of thioether (sulfide) groups is 1. The Kier molecular flexibility index (Phi) is 6.15. The molecule has 0 unspecified atom stereocenters. The van der Waals surface area contributed by atoms with Gasteiger partial charge in [0.2, 0.25) is 11.0 Å². The maximum atomic E-state index is 12.6. The number of amides is 1. The summed E-state index contributed by atoms with van der Waals surface area (Å²) in [5.41, 5.74) is 1.98. The summed E-state index contributed by atoms with van der Waals surface area (Å²) in [6.45, 7) is 5.14. The molecule has 0 atom stereocenters. The summed E-state index contributed by atoms with van der Waals surface area (Å²) in [5.74, 6) is 1.96. The van der Waals surface area contributed by atoms with Crippen LogP contribution in [0.4, 0.5) is 10.9 Å². The van der Waals surface area contributed by atoms with Crippen LogP contribution in [-0.2, 0) is 4.79 Å². The van der Waals surface area contributed by atoms with Gasteiger partial charge < -0.3 is 10.6 Å². The number of rotatable bonds is 9. The third-order valence-corrected chi connectivity index (χ3v) is 6.40. The molecule has 0 radical (unpaired) electrons. The summed E-state index contributed by atoms with van der Waals surface area (Å²) in [4.78, 5) is 12.6. The molecule has 1 aliphatic carbocycles. The van der Waals surface area contributed by atoms with Crippen LogP contribution in [0, 0.1) is 5.92 Å². The lowest BCUT2D eigenvalue weighted by molar-refractivity contribution is -0.113. The second-order valence-electron chi connectivity index (χ2n) is 7.46. The number of hydrogen-bond acceptors (Lipinski definition) is 7. The lowest BCUT2D eigenvalue weighted by atomic mass is 10.2. The van der Waals surface area contributed by atoms with Gasteiger partial charge in [0.1, 0.15) is 5.82 Å². The van der Waals surface area contributed by atoms with Crippen LogP contribution in [0.15, 0.2) is 40.7 Å². The molecule has 1 fully saturated rings. The molecular formula is C20H24N6OS2. The zero-order valence-corrected chi connectivity index (χ0v) is 18.1. The van der Waals surface area contributed by atoms with E-state index in [1.807, 2.05) is 41.1 Å². The average Bonchev–Trinajstić information content (AvgIpc) is 3.32. The molecule has 0 bridgehead atoms. The van der Waals surface area contributed by atoms with Crippen molar-refractivity contribution in [3.05, 3.63) is 42.1 Å². The fraction of sp³-hybridized carbons (Fsp3) is 0.400. The Hall–Kier alpha value is -2.39. The molecule has 4 rings (SSSR count). The molecule has 0 spiro atoms. The Morgan fingerprint density at radius 2 is 2.07 bits per heavy atom. The van der Waals surface area contributed by atoms with Gasteiger partial charge in [0, 0.05) is 18.5 Å².